The van der Waals surface area contributed by atoms with Crippen LogP contribution in [0.3, 0.4) is 0 Å². The van der Waals surface area contributed by atoms with E-state index in [9.17, 15) is 70.7 Å². The standard InChI is InChI=1S/C8F8O.C8HF7N2.H2N2.H2/c9-2-1(7(17)8(14,15)16)3(10)5(12)6(13)4(2)11;9-2-1-6(5(12)4(11)3(2)10)16-17-7(1)8(13,14)15;1-2;/h;(H,16,17);1-2H;1H. The molecule has 2 aromatic carbocycles. The quantitative estimate of drug-likeness (QED) is 0.0984. The minimum absolute atomic E-state index is 0. The van der Waals surface area contributed by atoms with Gasteiger partial charge >= 0.3 is 12.4 Å². The van der Waals surface area contributed by atoms with E-state index in [4.69, 9.17) is 11.1 Å². The Bertz CT molecular complexity index is 1290. The molecule has 0 aliphatic carbocycles. The lowest BCUT2D eigenvalue weighted by molar-refractivity contribution is -0.140. The van der Waals surface area contributed by atoms with Gasteiger partial charge in [0, 0.05) is 1.43 Å². The van der Waals surface area contributed by atoms with Gasteiger partial charge in [-0.25, -0.2) is 50.6 Å². The van der Waals surface area contributed by atoms with Crippen molar-refractivity contribution in [2.45, 2.75) is 12.4 Å². The summed E-state index contributed by atoms with van der Waals surface area (Å²) >= 11 is 0. The van der Waals surface area contributed by atoms with Crippen LogP contribution >= 0.6 is 0 Å². The summed E-state index contributed by atoms with van der Waals surface area (Å²) in [4.78, 5) is 10.5. The van der Waals surface area contributed by atoms with E-state index in [1.165, 1.54) is 5.10 Å². The zero-order chi connectivity index (χ0) is 28.5. The molecule has 3 rings (SSSR count). The fourth-order valence-corrected chi connectivity index (χ4v) is 2.27. The van der Waals surface area contributed by atoms with Crippen LogP contribution in [0.4, 0.5) is 65.9 Å². The third kappa shape index (κ3) is 5.35. The molecule has 1 aromatic heterocycles. The van der Waals surface area contributed by atoms with Crippen molar-refractivity contribution in [3.63, 3.8) is 0 Å². The van der Waals surface area contributed by atoms with Crippen LogP contribution < -0.4 is 0 Å². The molecular weight excluding hydrogens is 549 g/mol. The third-order valence-electron chi connectivity index (χ3n) is 3.75. The van der Waals surface area contributed by atoms with E-state index >= 15 is 0 Å². The van der Waals surface area contributed by atoms with E-state index < -0.39 is 92.7 Å². The summed E-state index contributed by atoms with van der Waals surface area (Å²) in [7, 11) is 0. The number of carbonyl (C=O) groups excluding carboxylic acids is 1. The van der Waals surface area contributed by atoms with Crippen molar-refractivity contribution < 1.29 is 72.1 Å². The number of rotatable bonds is 1. The average Bonchev–Trinajstić information content (AvgIpc) is 3.26. The second-order valence-corrected chi connectivity index (χ2v) is 5.85. The Labute approximate surface area is 187 Å². The number of halogens is 15. The van der Waals surface area contributed by atoms with Crippen molar-refractivity contribution in [1.82, 2.24) is 10.2 Å². The number of nitrogens with one attached hydrogen (secondary N) is 3. The van der Waals surface area contributed by atoms with E-state index in [1.807, 2.05) is 0 Å². The number of nitrogens with zero attached hydrogens (tertiary/aromatic N) is 1. The third-order valence-corrected chi connectivity index (χ3v) is 3.75. The summed E-state index contributed by atoms with van der Waals surface area (Å²) in [6.45, 7) is 0. The smallest absolute Gasteiger partial charge is 0.284 e. The molecule has 200 valence electrons. The van der Waals surface area contributed by atoms with Crippen LogP contribution in [0.15, 0.2) is 0 Å². The van der Waals surface area contributed by atoms with Crippen LogP contribution in [0, 0.1) is 63.4 Å². The number of aromatic nitrogens is 2. The summed E-state index contributed by atoms with van der Waals surface area (Å²) in [5, 5.41) is 2.62. The highest BCUT2D eigenvalue weighted by Crippen LogP contribution is 2.36. The van der Waals surface area contributed by atoms with Crippen LogP contribution in [0.25, 0.3) is 10.9 Å². The van der Waals surface area contributed by atoms with E-state index in [0.717, 1.165) is 0 Å². The van der Waals surface area contributed by atoms with Gasteiger partial charge in [0.25, 0.3) is 5.78 Å². The van der Waals surface area contributed by atoms with Gasteiger partial charge in [0.15, 0.2) is 52.2 Å². The fraction of sp³-hybridized carbons (Fsp3) is 0.125. The fourth-order valence-electron chi connectivity index (χ4n) is 2.27. The second-order valence-electron chi connectivity index (χ2n) is 5.85. The lowest BCUT2D eigenvalue weighted by Crippen LogP contribution is -2.26. The highest BCUT2D eigenvalue weighted by atomic mass is 19.4. The maximum absolute atomic E-state index is 13.1. The Morgan fingerprint density at radius 1 is 0.639 bits per heavy atom. The first kappa shape index (κ1) is 30.2. The molecular formula is C16H5F15N4O. The van der Waals surface area contributed by atoms with Gasteiger partial charge in [-0.15, -0.1) is 0 Å². The Kier molecular flexibility index (Phi) is 8.71. The Balaban J connectivity index is 0.000000640. The van der Waals surface area contributed by atoms with Crippen LogP contribution in [-0.4, -0.2) is 22.2 Å². The second kappa shape index (κ2) is 10.4. The van der Waals surface area contributed by atoms with E-state index in [1.54, 1.807) is 0 Å². The first-order chi connectivity index (χ1) is 16.3. The summed E-state index contributed by atoms with van der Waals surface area (Å²) in [5.41, 5.74) is 4.46. The molecule has 1 heterocycles. The molecule has 0 saturated carbocycles. The van der Waals surface area contributed by atoms with Crippen molar-refractivity contribution in [2.24, 2.45) is 0 Å². The number of H-pyrrole nitrogens is 1. The van der Waals surface area contributed by atoms with E-state index in [2.05, 4.69) is 5.10 Å². The van der Waals surface area contributed by atoms with Crippen molar-refractivity contribution >= 4 is 16.7 Å². The van der Waals surface area contributed by atoms with Crippen molar-refractivity contribution in [1.29, 1.82) is 11.1 Å². The van der Waals surface area contributed by atoms with Crippen LogP contribution in [0.5, 0.6) is 0 Å². The van der Waals surface area contributed by atoms with Gasteiger partial charge in [-0.2, -0.15) is 31.4 Å². The molecule has 0 atom stereocenters. The van der Waals surface area contributed by atoms with Gasteiger partial charge < -0.3 is 0 Å². The molecule has 0 radical (unpaired) electrons. The molecule has 0 aliphatic heterocycles. The number of ketones is 1. The van der Waals surface area contributed by atoms with Crippen molar-refractivity contribution in [3.05, 3.63) is 63.6 Å². The topological polar surface area (TPSA) is 93.4 Å². The van der Waals surface area contributed by atoms with Gasteiger partial charge in [-0.1, -0.05) is 0 Å². The Morgan fingerprint density at radius 3 is 1.39 bits per heavy atom. The first-order valence-electron chi connectivity index (χ1n) is 7.99. The molecule has 0 bridgehead atoms. The van der Waals surface area contributed by atoms with Crippen molar-refractivity contribution in [2.75, 3.05) is 0 Å². The molecule has 0 aliphatic rings. The normalized spacial score (nSPS) is 11.5. The molecule has 36 heavy (non-hydrogen) atoms. The number of alkyl halides is 6. The molecule has 3 aromatic rings. The minimum Gasteiger partial charge on any atom is -0.284 e. The van der Waals surface area contributed by atoms with Crippen LogP contribution in [-0.2, 0) is 6.18 Å². The van der Waals surface area contributed by atoms with Gasteiger partial charge in [0.1, 0.15) is 11.1 Å². The summed E-state index contributed by atoms with van der Waals surface area (Å²) in [5.74, 6) is -25.3. The number of hydrogen-bond donors (Lipinski definition) is 3. The molecule has 5 nitrogen and oxygen atoms in total. The summed E-state index contributed by atoms with van der Waals surface area (Å²) < 4.78 is 187. The molecule has 0 amide bonds. The van der Waals surface area contributed by atoms with Crippen LogP contribution in [0.1, 0.15) is 17.5 Å². The number of fused-ring (bicyclic) bond motifs is 1. The van der Waals surface area contributed by atoms with E-state index in [0.29, 0.717) is 0 Å². The lowest BCUT2D eigenvalue weighted by Gasteiger charge is -2.09. The molecule has 0 saturated heterocycles. The highest BCUT2D eigenvalue weighted by Gasteiger charge is 2.45. The number of aromatic amines is 1. The SMILES string of the molecule is Fc1c(F)c(F)c2c(C(F)(F)F)[nH]nc2c1F.N=N.O=C(c1c(F)c(F)c(F)c(F)c1F)C(F)(F)F.[HH]. The number of Topliss-reactive ketones (excluding diaryl/α,β-unsaturated/α-hetero) is 1. The molecule has 0 spiro atoms. The monoisotopic (exact) mass is 554 g/mol. The summed E-state index contributed by atoms with van der Waals surface area (Å²) in [6, 6.07) is 0. The first-order valence-corrected chi connectivity index (χ1v) is 7.99. The zero-order valence-corrected chi connectivity index (χ0v) is 16.0. The van der Waals surface area contributed by atoms with E-state index in [-0.39, 0.29) is 1.43 Å². The predicted octanol–water partition coefficient (Wildman–Crippen LogP) is 7.11. The van der Waals surface area contributed by atoms with Gasteiger partial charge in [-0.3, -0.25) is 9.89 Å². The van der Waals surface area contributed by atoms with Crippen molar-refractivity contribution in [3.8, 4) is 0 Å². The summed E-state index contributed by atoms with van der Waals surface area (Å²) in [6.07, 6.45) is -10.8. The number of hydrogen-bond acceptors (Lipinski definition) is 4. The minimum atomic E-state index is -5.75. The maximum atomic E-state index is 13.1. The average molecular weight is 554 g/mol. The predicted molar refractivity (Wildman–Crippen MR) is 85.1 cm³/mol. The largest absolute Gasteiger partial charge is 0.455 e. The van der Waals surface area contributed by atoms with Gasteiger partial charge in [0.05, 0.1) is 5.39 Å². The lowest BCUT2D eigenvalue weighted by atomic mass is 10.1. The molecule has 20 heteroatoms. The number of benzene rings is 2. The number of carbonyl (C=O) groups is 1. The highest BCUT2D eigenvalue weighted by molar-refractivity contribution is 6.00. The Morgan fingerprint density at radius 2 is 1.00 bits per heavy atom. The van der Waals surface area contributed by atoms with Gasteiger partial charge in [0.2, 0.25) is 5.82 Å². The van der Waals surface area contributed by atoms with Gasteiger partial charge in [-0.05, 0) is 0 Å². The molecule has 3 N–H and O–H groups in total. The Hall–Kier alpha value is -3.87. The maximum Gasteiger partial charge on any atom is 0.455 e. The van der Waals surface area contributed by atoms with Crippen LogP contribution in [0.2, 0.25) is 0 Å². The zero-order valence-electron chi connectivity index (χ0n) is 16.0. The molecule has 0 unspecified atom stereocenters. The molecule has 0 fully saturated rings.